The lowest BCUT2D eigenvalue weighted by atomic mass is 10.0. The van der Waals surface area contributed by atoms with Gasteiger partial charge >= 0.3 is 0 Å². The summed E-state index contributed by atoms with van der Waals surface area (Å²) in [6, 6.07) is 13.7. The molecule has 190 valence electrons. The number of rotatable bonds is 5. The van der Waals surface area contributed by atoms with Crippen LogP contribution < -0.4 is 16.2 Å². The van der Waals surface area contributed by atoms with Gasteiger partial charge in [-0.05, 0) is 63.5 Å². The Morgan fingerprint density at radius 1 is 1.08 bits per heavy atom. The number of benzene rings is 1. The van der Waals surface area contributed by atoms with E-state index in [1.807, 2.05) is 54.0 Å². The number of hydrogen-bond acceptors (Lipinski definition) is 7. The quantitative estimate of drug-likeness (QED) is 0.400. The van der Waals surface area contributed by atoms with E-state index < -0.39 is 0 Å². The molecule has 2 aliphatic rings. The Bertz CT molecular complexity index is 1510. The average Bonchev–Trinajstić information content (AvgIpc) is 3.42. The number of ether oxygens (including phenoxy) is 1. The standard InChI is InChI=1S/C28H29ClN6O2/c1-17-3-2-4-25(32-17)18-5-6-22(24(29)14-18)23-13-19-15-31-28(33-20-9-12-37-16-20)34-26(19)35(27(23)36)21-7-10-30-11-8-21/h2-6,13-15,20-21,30H,7-12,16H2,1H3,(H,31,33,34)/t20-/m0/s1. The number of hydrogen-bond donors (Lipinski definition) is 2. The van der Waals surface area contributed by atoms with E-state index in [4.69, 9.17) is 21.3 Å². The van der Waals surface area contributed by atoms with Gasteiger partial charge in [0.25, 0.3) is 5.56 Å². The van der Waals surface area contributed by atoms with Crippen LogP contribution in [0.3, 0.4) is 0 Å². The number of anilines is 1. The van der Waals surface area contributed by atoms with Gasteiger partial charge in [-0.3, -0.25) is 14.3 Å². The summed E-state index contributed by atoms with van der Waals surface area (Å²) in [7, 11) is 0. The van der Waals surface area contributed by atoms with Crippen LogP contribution in [0, 0.1) is 6.92 Å². The van der Waals surface area contributed by atoms with Gasteiger partial charge in [-0.25, -0.2) is 4.98 Å². The SMILES string of the molecule is Cc1cccc(-c2ccc(-c3cc4cnc(N[C@H]5CCOC5)nc4n(C4CCNCC4)c3=O)c(Cl)c2)n1. The first-order valence-electron chi connectivity index (χ1n) is 12.8. The predicted octanol–water partition coefficient (Wildman–Crippen LogP) is 4.61. The molecule has 9 heteroatoms. The molecule has 2 saturated heterocycles. The molecular formula is C28H29ClN6O2. The van der Waals surface area contributed by atoms with E-state index in [0.29, 0.717) is 34.4 Å². The van der Waals surface area contributed by atoms with Crippen molar-refractivity contribution in [3.05, 3.63) is 69.7 Å². The maximum Gasteiger partial charge on any atom is 0.260 e. The second-order valence-corrected chi connectivity index (χ2v) is 10.2. The van der Waals surface area contributed by atoms with Crippen LogP contribution >= 0.6 is 11.6 Å². The van der Waals surface area contributed by atoms with Crippen LogP contribution in [0.15, 0.2) is 53.5 Å². The van der Waals surface area contributed by atoms with E-state index in [-0.39, 0.29) is 17.6 Å². The number of nitrogens with zero attached hydrogens (tertiary/aromatic N) is 4. The van der Waals surface area contributed by atoms with Crippen molar-refractivity contribution in [2.75, 3.05) is 31.6 Å². The van der Waals surface area contributed by atoms with Crippen molar-refractivity contribution < 1.29 is 4.74 Å². The fourth-order valence-electron chi connectivity index (χ4n) is 5.21. The number of aryl methyl sites for hydroxylation is 1. The van der Waals surface area contributed by atoms with Crippen LogP contribution in [0.4, 0.5) is 5.95 Å². The summed E-state index contributed by atoms with van der Waals surface area (Å²) in [5.41, 5.74) is 4.50. The molecule has 2 aliphatic heterocycles. The number of aromatic nitrogens is 4. The molecule has 6 rings (SSSR count). The van der Waals surface area contributed by atoms with E-state index in [1.165, 1.54) is 0 Å². The van der Waals surface area contributed by atoms with Crippen molar-refractivity contribution in [3.8, 4) is 22.4 Å². The van der Waals surface area contributed by atoms with Gasteiger partial charge in [0.15, 0.2) is 0 Å². The predicted molar refractivity (Wildman–Crippen MR) is 146 cm³/mol. The molecule has 0 saturated carbocycles. The van der Waals surface area contributed by atoms with Crippen molar-refractivity contribution in [2.45, 2.75) is 38.3 Å². The molecule has 37 heavy (non-hydrogen) atoms. The van der Waals surface area contributed by atoms with Crippen LogP contribution in [-0.4, -0.2) is 51.9 Å². The van der Waals surface area contributed by atoms with Gasteiger partial charge in [0.05, 0.1) is 18.3 Å². The van der Waals surface area contributed by atoms with E-state index in [9.17, 15) is 4.79 Å². The largest absolute Gasteiger partial charge is 0.379 e. The molecule has 3 aromatic heterocycles. The van der Waals surface area contributed by atoms with Gasteiger partial charge in [0.1, 0.15) is 5.65 Å². The van der Waals surface area contributed by atoms with Crippen LogP contribution in [0.25, 0.3) is 33.4 Å². The van der Waals surface area contributed by atoms with Crippen LogP contribution in [-0.2, 0) is 4.74 Å². The molecule has 5 heterocycles. The minimum Gasteiger partial charge on any atom is -0.379 e. The van der Waals surface area contributed by atoms with E-state index in [2.05, 4.69) is 20.6 Å². The third-order valence-corrected chi connectivity index (χ3v) is 7.47. The normalized spacial score (nSPS) is 18.4. The van der Waals surface area contributed by atoms with E-state index in [0.717, 1.165) is 61.3 Å². The Balaban J connectivity index is 1.46. The van der Waals surface area contributed by atoms with E-state index in [1.54, 1.807) is 6.20 Å². The summed E-state index contributed by atoms with van der Waals surface area (Å²) in [6.45, 7) is 5.04. The molecule has 2 N–H and O–H groups in total. The Morgan fingerprint density at radius 2 is 1.95 bits per heavy atom. The van der Waals surface area contributed by atoms with Crippen LogP contribution in [0.2, 0.25) is 5.02 Å². The Kier molecular flexibility index (Phi) is 6.63. The van der Waals surface area contributed by atoms with E-state index >= 15 is 0 Å². The highest BCUT2D eigenvalue weighted by Gasteiger charge is 2.24. The minimum atomic E-state index is -0.0865. The first kappa shape index (κ1) is 24.0. The first-order chi connectivity index (χ1) is 18.1. The van der Waals surface area contributed by atoms with Crippen molar-refractivity contribution in [1.29, 1.82) is 0 Å². The second kappa shape index (κ2) is 10.2. The molecule has 0 unspecified atom stereocenters. The van der Waals surface area contributed by atoms with Crippen molar-refractivity contribution in [1.82, 2.24) is 24.8 Å². The smallest absolute Gasteiger partial charge is 0.260 e. The summed E-state index contributed by atoms with van der Waals surface area (Å²) in [4.78, 5) is 28.0. The Labute approximate surface area is 220 Å². The lowest BCUT2D eigenvalue weighted by molar-refractivity contribution is 0.195. The maximum atomic E-state index is 14.1. The van der Waals surface area contributed by atoms with Gasteiger partial charge in [0, 0.05) is 51.6 Å². The molecule has 8 nitrogen and oxygen atoms in total. The Hall–Kier alpha value is -3.33. The third-order valence-electron chi connectivity index (χ3n) is 7.15. The summed E-state index contributed by atoms with van der Waals surface area (Å²) in [5, 5.41) is 8.07. The van der Waals surface area contributed by atoms with Gasteiger partial charge in [-0.15, -0.1) is 0 Å². The number of nitrogens with one attached hydrogen (secondary N) is 2. The van der Waals surface area contributed by atoms with Crippen molar-refractivity contribution in [3.63, 3.8) is 0 Å². The highest BCUT2D eigenvalue weighted by atomic mass is 35.5. The molecule has 0 bridgehead atoms. The second-order valence-electron chi connectivity index (χ2n) is 9.75. The summed E-state index contributed by atoms with van der Waals surface area (Å²) in [6.07, 6.45) is 4.41. The number of pyridine rings is 2. The molecular weight excluding hydrogens is 488 g/mol. The lowest BCUT2D eigenvalue weighted by Gasteiger charge is -2.26. The first-order valence-corrected chi connectivity index (χ1v) is 13.2. The zero-order valence-electron chi connectivity index (χ0n) is 20.7. The molecule has 0 radical (unpaired) electrons. The van der Waals surface area contributed by atoms with Gasteiger partial charge < -0.3 is 15.4 Å². The number of fused-ring (bicyclic) bond motifs is 1. The summed E-state index contributed by atoms with van der Waals surface area (Å²) in [5.74, 6) is 0.519. The zero-order chi connectivity index (χ0) is 25.4. The minimum absolute atomic E-state index is 0.0447. The molecule has 4 aromatic rings. The Morgan fingerprint density at radius 3 is 2.70 bits per heavy atom. The zero-order valence-corrected chi connectivity index (χ0v) is 21.5. The molecule has 2 fully saturated rings. The van der Waals surface area contributed by atoms with Gasteiger partial charge in [0.2, 0.25) is 5.95 Å². The van der Waals surface area contributed by atoms with Gasteiger partial charge in [-0.2, -0.15) is 4.98 Å². The number of halogens is 1. The fraction of sp³-hybridized carbons (Fsp3) is 0.357. The maximum absolute atomic E-state index is 14.1. The van der Waals surface area contributed by atoms with Gasteiger partial charge in [-0.1, -0.05) is 29.8 Å². The fourth-order valence-corrected chi connectivity index (χ4v) is 5.50. The highest BCUT2D eigenvalue weighted by Crippen LogP contribution is 2.33. The summed E-state index contributed by atoms with van der Waals surface area (Å²) < 4.78 is 7.33. The average molecular weight is 517 g/mol. The molecule has 1 atom stereocenters. The molecule has 0 amide bonds. The van der Waals surface area contributed by atoms with Crippen LogP contribution in [0.5, 0.6) is 0 Å². The van der Waals surface area contributed by atoms with Crippen molar-refractivity contribution in [2.24, 2.45) is 0 Å². The molecule has 0 spiro atoms. The lowest BCUT2D eigenvalue weighted by Crippen LogP contribution is -2.35. The molecule has 0 aliphatic carbocycles. The molecule has 1 aromatic carbocycles. The third kappa shape index (κ3) is 4.84. The van der Waals surface area contributed by atoms with Crippen LogP contribution in [0.1, 0.15) is 31.0 Å². The number of piperidine rings is 1. The monoisotopic (exact) mass is 516 g/mol. The summed E-state index contributed by atoms with van der Waals surface area (Å²) >= 11 is 6.80. The highest BCUT2D eigenvalue weighted by molar-refractivity contribution is 6.33. The topological polar surface area (TPSA) is 94.0 Å². The van der Waals surface area contributed by atoms with Crippen molar-refractivity contribution >= 4 is 28.6 Å².